The van der Waals surface area contributed by atoms with Gasteiger partial charge < -0.3 is 9.47 Å². The summed E-state index contributed by atoms with van der Waals surface area (Å²) in [4.78, 5) is 11.7. The van der Waals surface area contributed by atoms with Crippen LogP contribution in [0.25, 0.3) is 0 Å². The Morgan fingerprint density at radius 3 is 3.00 bits per heavy atom. The molecule has 1 aliphatic heterocycles. The zero-order chi connectivity index (χ0) is 13.6. The zero-order valence-electron chi connectivity index (χ0n) is 11.0. The highest BCUT2D eigenvalue weighted by Gasteiger charge is 2.57. The van der Waals surface area contributed by atoms with Crippen LogP contribution in [0.15, 0.2) is 12.2 Å². The number of carbonyl (C=O) groups excluding carboxylic acids is 1. The summed E-state index contributed by atoms with van der Waals surface area (Å²) >= 11 is 6.81. The molecule has 1 heterocycles. The molecule has 0 radical (unpaired) electrons. The predicted molar refractivity (Wildman–Crippen MR) is 79.0 cm³/mol. The summed E-state index contributed by atoms with van der Waals surface area (Å²) in [6.45, 7) is 6.07. The van der Waals surface area contributed by atoms with E-state index in [0.29, 0.717) is 21.1 Å². The molecule has 5 heteroatoms. The number of carbonyl (C=O) groups is 1. The van der Waals surface area contributed by atoms with Crippen molar-refractivity contribution in [2.45, 2.75) is 44.0 Å². The van der Waals surface area contributed by atoms with Crippen molar-refractivity contribution in [3.8, 4) is 0 Å². The number of rotatable bonds is 3. The second-order valence-electron chi connectivity index (χ2n) is 5.96. The van der Waals surface area contributed by atoms with Gasteiger partial charge in [0.1, 0.15) is 12.7 Å². The van der Waals surface area contributed by atoms with E-state index in [1.54, 1.807) is 18.7 Å². The van der Waals surface area contributed by atoms with Crippen molar-refractivity contribution in [2.24, 2.45) is 11.3 Å². The fourth-order valence-electron chi connectivity index (χ4n) is 3.70. The summed E-state index contributed by atoms with van der Waals surface area (Å²) in [5.41, 5.74) is 0.743. The van der Waals surface area contributed by atoms with Gasteiger partial charge in [-0.2, -0.15) is 0 Å². The minimum absolute atomic E-state index is 0.0627. The van der Waals surface area contributed by atoms with Crippen molar-refractivity contribution >= 4 is 34.3 Å². The largest absolute Gasteiger partial charge is 0.477 e. The third-order valence-corrected chi connectivity index (χ3v) is 6.33. The Morgan fingerprint density at radius 2 is 2.37 bits per heavy atom. The average Bonchev–Trinajstić information content (AvgIpc) is 3.03. The molecule has 19 heavy (non-hydrogen) atoms. The van der Waals surface area contributed by atoms with Crippen LogP contribution in [0.4, 0.5) is 0 Å². The van der Waals surface area contributed by atoms with E-state index in [-0.39, 0.29) is 17.5 Å². The summed E-state index contributed by atoms with van der Waals surface area (Å²) < 4.78 is 11.7. The molecular weight excluding hydrogens is 280 g/mol. The lowest BCUT2D eigenvalue weighted by Crippen LogP contribution is -2.33. The summed E-state index contributed by atoms with van der Waals surface area (Å²) in [5, 5.41) is 0.443. The Bertz CT molecular complexity index is 448. The highest BCUT2D eigenvalue weighted by Crippen LogP contribution is 2.60. The maximum atomic E-state index is 11.7. The van der Waals surface area contributed by atoms with Crippen LogP contribution in [-0.2, 0) is 14.3 Å². The van der Waals surface area contributed by atoms with Gasteiger partial charge in [-0.3, -0.25) is 0 Å². The van der Waals surface area contributed by atoms with Crippen LogP contribution in [0.2, 0.25) is 0 Å². The van der Waals surface area contributed by atoms with Gasteiger partial charge in [0.15, 0.2) is 0 Å². The molecule has 3 nitrogen and oxygen atoms in total. The molecule has 104 valence electrons. The molecule has 0 spiro atoms. The quantitative estimate of drug-likeness (QED) is 0.454. The molecule has 3 rings (SSSR count). The van der Waals surface area contributed by atoms with Crippen LogP contribution >= 0.6 is 24.0 Å². The van der Waals surface area contributed by atoms with E-state index in [0.717, 1.165) is 25.9 Å². The van der Waals surface area contributed by atoms with Gasteiger partial charge in [0.05, 0.1) is 5.25 Å². The van der Waals surface area contributed by atoms with Gasteiger partial charge >= 0.3 is 5.97 Å². The molecule has 0 aromatic rings. The molecule has 2 saturated carbocycles. The number of ether oxygens (including phenoxy) is 2. The van der Waals surface area contributed by atoms with Crippen LogP contribution in [0.3, 0.4) is 0 Å². The van der Waals surface area contributed by atoms with E-state index in [2.05, 4.69) is 6.58 Å². The monoisotopic (exact) mass is 298 g/mol. The summed E-state index contributed by atoms with van der Waals surface area (Å²) in [7, 11) is 0. The number of hydrogen-bond donors (Lipinski definition) is 0. The van der Waals surface area contributed by atoms with Crippen LogP contribution in [0, 0.1) is 11.3 Å². The Morgan fingerprint density at radius 1 is 1.58 bits per heavy atom. The number of thioether (sulfide) groups is 1. The van der Waals surface area contributed by atoms with Crippen LogP contribution < -0.4 is 0 Å². The van der Waals surface area contributed by atoms with Crippen molar-refractivity contribution < 1.29 is 14.3 Å². The first-order valence-electron chi connectivity index (χ1n) is 6.70. The van der Waals surface area contributed by atoms with E-state index in [1.807, 2.05) is 0 Å². The molecule has 3 fully saturated rings. The molecule has 3 aliphatic rings. The number of hydrogen-bond acceptors (Lipinski definition) is 5. The second kappa shape index (κ2) is 4.77. The van der Waals surface area contributed by atoms with Crippen LogP contribution in [-0.4, -0.2) is 28.3 Å². The normalized spacial score (nSPS) is 40.3. The fourth-order valence-corrected chi connectivity index (χ4v) is 5.18. The Hall–Kier alpha value is -0.550. The predicted octanol–water partition coefficient (Wildman–Crippen LogP) is 3.08. The minimum Gasteiger partial charge on any atom is -0.477 e. The maximum Gasteiger partial charge on any atom is 0.333 e. The highest BCUT2D eigenvalue weighted by molar-refractivity contribution is 8.23. The maximum absolute atomic E-state index is 11.7. The zero-order valence-corrected chi connectivity index (χ0v) is 12.6. The summed E-state index contributed by atoms with van der Waals surface area (Å²) in [5.74, 6) is 0.261. The standard InChI is InChI=1S/C14H18O3S2/c1-8(2)12(15)17-10-6-14(4-3-9(10)5-14)11-7-16-13(18)19-11/h9-11H,1,3-7H2,2H3. The van der Waals surface area contributed by atoms with Gasteiger partial charge in [0.25, 0.3) is 0 Å². The summed E-state index contributed by atoms with van der Waals surface area (Å²) in [6, 6.07) is 0. The van der Waals surface area contributed by atoms with E-state index < -0.39 is 0 Å². The Labute approximate surface area is 123 Å². The third kappa shape index (κ3) is 2.31. The van der Waals surface area contributed by atoms with E-state index in [9.17, 15) is 4.79 Å². The van der Waals surface area contributed by atoms with Gasteiger partial charge in [-0.1, -0.05) is 18.3 Å². The number of thiocarbonyl (C=S) groups is 1. The average molecular weight is 298 g/mol. The lowest BCUT2D eigenvalue weighted by molar-refractivity contribution is -0.147. The van der Waals surface area contributed by atoms with Crippen molar-refractivity contribution in [1.82, 2.24) is 0 Å². The van der Waals surface area contributed by atoms with Crippen molar-refractivity contribution in [1.29, 1.82) is 0 Å². The lowest BCUT2D eigenvalue weighted by Gasteiger charge is -2.33. The van der Waals surface area contributed by atoms with Crippen molar-refractivity contribution in [3.63, 3.8) is 0 Å². The first kappa shape index (κ1) is 13.4. The molecular formula is C14H18O3S2. The SMILES string of the molecule is C=C(C)C(=O)OC1CC2(C3COC(=S)S3)CCC1C2. The first-order chi connectivity index (χ1) is 9.00. The molecule has 0 amide bonds. The number of fused-ring (bicyclic) bond motifs is 2. The van der Waals surface area contributed by atoms with E-state index >= 15 is 0 Å². The highest BCUT2D eigenvalue weighted by atomic mass is 32.2. The first-order valence-corrected chi connectivity index (χ1v) is 7.99. The van der Waals surface area contributed by atoms with Gasteiger partial charge in [0.2, 0.25) is 4.38 Å². The van der Waals surface area contributed by atoms with Gasteiger partial charge in [-0.15, -0.1) is 0 Å². The molecule has 0 aromatic heterocycles. The van der Waals surface area contributed by atoms with Gasteiger partial charge in [0, 0.05) is 5.57 Å². The van der Waals surface area contributed by atoms with Crippen LogP contribution in [0.5, 0.6) is 0 Å². The summed E-state index contributed by atoms with van der Waals surface area (Å²) in [6.07, 6.45) is 4.53. The second-order valence-corrected chi connectivity index (χ2v) is 7.77. The lowest BCUT2D eigenvalue weighted by atomic mass is 9.80. The fraction of sp³-hybridized carbons (Fsp3) is 0.714. The van der Waals surface area contributed by atoms with E-state index in [4.69, 9.17) is 21.7 Å². The Kier molecular flexibility index (Phi) is 3.38. The molecule has 0 N–H and O–H groups in total. The minimum atomic E-state index is -0.251. The topological polar surface area (TPSA) is 35.5 Å². The molecule has 1 saturated heterocycles. The van der Waals surface area contributed by atoms with Gasteiger partial charge in [-0.25, -0.2) is 4.79 Å². The molecule has 2 aliphatic carbocycles. The Balaban J connectivity index is 1.69. The molecule has 2 bridgehead atoms. The molecule has 0 aromatic carbocycles. The van der Waals surface area contributed by atoms with Crippen molar-refractivity contribution in [2.75, 3.05) is 6.61 Å². The smallest absolute Gasteiger partial charge is 0.333 e. The molecule has 4 unspecified atom stereocenters. The third-order valence-electron chi connectivity index (χ3n) is 4.70. The van der Waals surface area contributed by atoms with Crippen LogP contribution in [0.1, 0.15) is 32.6 Å². The van der Waals surface area contributed by atoms with E-state index in [1.165, 1.54) is 6.42 Å². The van der Waals surface area contributed by atoms with Gasteiger partial charge in [-0.05, 0) is 56.2 Å². The van der Waals surface area contributed by atoms with Crippen molar-refractivity contribution in [3.05, 3.63) is 12.2 Å². The molecule has 4 atom stereocenters. The number of esters is 1.